The average molecular weight is 412 g/mol. The number of nitrogens with one attached hydrogen (secondary N) is 1. The molecule has 1 N–H and O–H groups in total. The lowest BCUT2D eigenvalue weighted by Gasteiger charge is -2.17. The summed E-state index contributed by atoms with van der Waals surface area (Å²) in [7, 11) is 0. The van der Waals surface area contributed by atoms with Gasteiger partial charge in [-0.1, -0.05) is 55.4 Å². The Morgan fingerprint density at radius 2 is 1.90 bits per heavy atom. The summed E-state index contributed by atoms with van der Waals surface area (Å²) in [6.45, 7) is 2.68. The first-order chi connectivity index (χ1) is 14.1. The highest BCUT2D eigenvalue weighted by Gasteiger charge is 2.32. The summed E-state index contributed by atoms with van der Waals surface area (Å²) in [6.07, 6.45) is 3.62. The largest absolute Gasteiger partial charge is 0.355 e. The van der Waals surface area contributed by atoms with E-state index < -0.39 is 0 Å². The number of nitrogens with zero attached hydrogens (tertiary/aromatic N) is 2. The van der Waals surface area contributed by atoms with E-state index in [1.165, 1.54) is 40.9 Å². The van der Waals surface area contributed by atoms with Gasteiger partial charge in [-0.05, 0) is 42.3 Å². The monoisotopic (exact) mass is 411 g/mol. The van der Waals surface area contributed by atoms with Crippen molar-refractivity contribution in [1.29, 1.82) is 0 Å². The second-order valence-corrected chi connectivity index (χ2v) is 7.39. The molecule has 2 aromatic rings. The fourth-order valence-corrected chi connectivity index (χ4v) is 3.55. The minimum absolute atomic E-state index is 0.113. The molecular weight excluding hydrogens is 389 g/mol. The van der Waals surface area contributed by atoms with Gasteiger partial charge in [0, 0.05) is 6.54 Å². The Labute approximate surface area is 173 Å². The smallest absolute Gasteiger partial charge is 0.283 e. The summed E-state index contributed by atoms with van der Waals surface area (Å²) in [5, 5.41) is 3.25. The summed E-state index contributed by atoms with van der Waals surface area (Å²) in [5.41, 5.74) is 1.63. The summed E-state index contributed by atoms with van der Waals surface area (Å²) >= 11 is 1.18. The van der Waals surface area contributed by atoms with E-state index in [-0.39, 0.29) is 29.1 Å². The molecular formula is C22H22FN3O2S. The number of amidine groups is 1. The standard InChI is InChI=1S/C22H22FN3O2S/c1-2-3-13-24-20(27)15-29-22-25-19(14-16-7-5-4-6-8-16)21(28)26(22)18-11-9-17(23)10-12-18/h4-12,14H,2-3,13,15H2,1H3,(H,24,27)/b19-14-. The van der Waals surface area contributed by atoms with Gasteiger partial charge in [0.1, 0.15) is 11.5 Å². The molecule has 1 aliphatic rings. The maximum atomic E-state index is 13.3. The van der Waals surface area contributed by atoms with Crippen LogP contribution in [0.1, 0.15) is 25.3 Å². The number of anilines is 1. The van der Waals surface area contributed by atoms with Gasteiger partial charge >= 0.3 is 0 Å². The number of unbranched alkanes of at least 4 members (excludes halogenated alkanes) is 1. The van der Waals surface area contributed by atoms with Gasteiger partial charge in [-0.15, -0.1) is 0 Å². The zero-order chi connectivity index (χ0) is 20.6. The average Bonchev–Trinajstić information content (AvgIpc) is 3.03. The molecule has 3 rings (SSSR count). The number of halogens is 1. The number of rotatable bonds is 7. The van der Waals surface area contributed by atoms with E-state index in [1.54, 1.807) is 6.08 Å². The molecule has 1 aliphatic heterocycles. The van der Waals surface area contributed by atoms with Gasteiger partial charge in [-0.25, -0.2) is 9.38 Å². The Hall–Kier alpha value is -2.93. The highest BCUT2D eigenvalue weighted by atomic mass is 32.2. The number of aliphatic imine (C=N–C) groups is 1. The quantitative estimate of drug-likeness (QED) is 0.548. The van der Waals surface area contributed by atoms with Crippen LogP contribution in [0.15, 0.2) is 65.3 Å². The first-order valence-electron chi connectivity index (χ1n) is 9.43. The van der Waals surface area contributed by atoms with Crippen LogP contribution in [0.5, 0.6) is 0 Å². The zero-order valence-electron chi connectivity index (χ0n) is 16.1. The third kappa shape index (κ3) is 5.54. The van der Waals surface area contributed by atoms with Crippen molar-refractivity contribution < 1.29 is 14.0 Å². The summed E-state index contributed by atoms with van der Waals surface area (Å²) in [6, 6.07) is 15.0. The first kappa shape index (κ1) is 20.8. The van der Waals surface area contributed by atoms with Crippen molar-refractivity contribution in [2.45, 2.75) is 19.8 Å². The lowest BCUT2D eigenvalue weighted by molar-refractivity contribution is -0.118. The van der Waals surface area contributed by atoms with E-state index in [0.29, 0.717) is 17.4 Å². The van der Waals surface area contributed by atoms with Crippen LogP contribution in [0.4, 0.5) is 10.1 Å². The molecule has 0 saturated heterocycles. The molecule has 0 radical (unpaired) electrons. The molecule has 0 fully saturated rings. The fourth-order valence-electron chi connectivity index (χ4n) is 2.70. The zero-order valence-corrected chi connectivity index (χ0v) is 16.9. The number of hydrogen-bond donors (Lipinski definition) is 1. The van der Waals surface area contributed by atoms with E-state index in [4.69, 9.17) is 0 Å². The molecule has 5 nitrogen and oxygen atoms in total. The van der Waals surface area contributed by atoms with Crippen LogP contribution in [-0.4, -0.2) is 29.3 Å². The Bertz CT molecular complexity index is 927. The van der Waals surface area contributed by atoms with Gasteiger partial charge in [0.15, 0.2) is 5.17 Å². The van der Waals surface area contributed by atoms with E-state index in [1.807, 2.05) is 30.3 Å². The number of carbonyl (C=O) groups is 2. The molecule has 2 aromatic carbocycles. The van der Waals surface area contributed by atoms with E-state index in [0.717, 1.165) is 18.4 Å². The Balaban J connectivity index is 1.82. The van der Waals surface area contributed by atoms with Crippen molar-refractivity contribution in [2.75, 3.05) is 17.2 Å². The van der Waals surface area contributed by atoms with Gasteiger partial charge in [0.25, 0.3) is 5.91 Å². The number of hydrogen-bond acceptors (Lipinski definition) is 4. The predicted molar refractivity (Wildman–Crippen MR) is 116 cm³/mol. The normalized spacial score (nSPS) is 15.0. The molecule has 0 aliphatic carbocycles. The Kier molecular flexibility index (Phi) is 7.19. The van der Waals surface area contributed by atoms with Crippen molar-refractivity contribution in [2.24, 2.45) is 4.99 Å². The van der Waals surface area contributed by atoms with Gasteiger partial charge in [0.05, 0.1) is 11.4 Å². The highest BCUT2D eigenvalue weighted by molar-refractivity contribution is 8.14. The summed E-state index contributed by atoms with van der Waals surface area (Å²) < 4.78 is 13.3. The van der Waals surface area contributed by atoms with Crippen LogP contribution < -0.4 is 10.2 Å². The lowest BCUT2D eigenvalue weighted by Crippen LogP contribution is -2.32. The van der Waals surface area contributed by atoms with Crippen molar-refractivity contribution >= 4 is 40.5 Å². The highest BCUT2D eigenvalue weighted by Crippen LogP contribution is 2.29. The molecule has 0 bridgehead atoms. The van der Waals surface area contributed by atoms with E-state index in [9.17, 15) is 14.0 Å². The van der Waals surface area contributed by atoms with E-state index in [2.05, 4.69) is 17.2 Å². The van der Waals surface area contributed by atoms with Gasteiger partial charge in [-0.3, -0.25) is 14.5 Å². The summed E-state index contributed by atoms with van der Waals surface area (Å²) in [4.78, 5) is 30.9. The van der Waals surface area contributed by atoms with Crippen LogP contribution in [0.2, 0.25) is 0 Å². The minimum atomic E-state index is -0.387. The molecule has 0 atom stereocenters. The second kappa shape index (κ2) is 10.0. The first-order valence-corrected chi connectivity index (χ1v) is 10.4. The molecule has 150 valence electrons. The number of amides is 2. The van der Waals surface area contributed by atoms with Crippen LogP contribution in [-0.2, 0) is 9.59 Å². The minimum Gasteiger partial charge on any atom is -0.355 e. The van der Waals surface area contributed by atoms with Gasteiger partial charge < -0.3 is 5.32 Å². The van der Waals surface area contributed by atoms with Crippen LogP contribution in [0.3, 0.4) is 0 Å². The van der Waals surface area contributed by atoms with Crippen molar-refractivity contribution in [3.63, 3.8) is 0 Å². The number of thioether (sulfide) groups is 1. The maximum absolute atomic E-state index is 13.3. The molecule has 2 amide bonds. The van der Waals surface area contributed by atoms with Crippen molar-refractivity contribution in [3.05, 3.63) is 71.7 Å². The molecule has 29 heavy (non-hydrogen) atoms. The lowest BCUT2D eigenvalue weighted by atomic mass is 10.2. The Morgan fingerprint density at radius 3 is 2.59 bits per heavy atom. The van der Waals surface area contributed by atoms with Crippen LogP contribution >= 0.6 is 11.8 Å². The molecule has 0 spiro atoms. The van der Waals surface area contributed by atoms with Gasteiger partial charge in [-0.2, -0.15) is 0 Å². The second-order valence-electron chi connectivity index (χ2n) is 6.44. The van der Waals surface area contributed by atoms with Crippen molar-refractivity contribution in [1.82, 2.24) is 5.32 Å². The molecule has 0 unspecified atom stereocenters. The Morgan fingerprint density at radius 1 is 1.17 bits per heavy atom. The fraction of sp³-hybridized carbons (Fsp3) is 0.227. The topological polar surface area (TPSA) is 61.8 Å². The predicted octanol–water partition coefficient (Wildman–Crippen LogP) is 4.22. The number of benzene rings is 2. The summed E-state index contributed by atoms with van der Waals surface area (Å²) in [5.74, 6) is -0.666. The third-order valence-corrected chi connectivity index (χ3v) is 5.14. The molecule has 1 heterocycles. The number of carbonyl (C=O) groups excluding carboxylic acids is 2. The van der Waals surface area contributed by atoms with Crippen molar-refractivity contribution in [3.8, 4) is 0 Å². The SMILES string of the molecule is CCCCNC(=O)CSC1=N/C(=C\c2ccccc2)C(=O)N1c1ccc(F)cc1. The van der Waals surface area contributed by atoms with Crippen LogP contribution in [0.25, 0.3) is 6.08 Å². The molecule has 0 saturated carbocycles. The van der Waals surface area contributed by atoms with E-state index >= 15 is 0 Å². The van der Waals surface area contributed by atoms with Crippen LogP contribution in [0, 0.1) is 5.82 Å². The third-order valence-electron chi connectivity index (χ3n) is 4.20. The van der Waals surface area contributed by atoms with Gasteiger partial charge in [0.2, 0.25) is 5.91 Å². The maximum Gasteiger partial charge on any atom is 0.283 e. The molecule has 0 aromatic heterocycles. The molecule has 7 heteroatoms.